The first-order chi connectivity index (χ1) is 11.9. The fourth-order valence-electron chi connectivity index (χ4n) is 1.81. The van der Waals surface area contributed by atoms with E-state index in [0.717, 1.165) is 5.76 Å². The van der Waals surface area contributed by atoms with Crippen LogP contribution in [0.3, 0.4) is 0 Å². The van der Waals surface area contributed by atoms with E-state index in [1.165, 1.54) is 12.3 Å². The van der Waals surface area contributed by atoms with Gasteiger partial charge in [0, 0.05) is 12.1 Å². The van der Waals surface area contributed by atoms with Gasteiger partial charge < -0.3 is 15.0 Å². The summed E-state index contributed by atoms with van der Waals surface area (Å²) in [6.07, 6.45) is 3.91. The second-order valence-electron chi connectivity index (χ2n) is 6.22. The number of anilines is 1. The largest absolute Gasteiger partial charge is 1.00 e. The van der Waals surface area contributed by atoms with Crippen molar-refractivity contribution in [3.05, 3.63) is 83.7 Å². The van der Waals surface area contributed by atoms with Crippen LogP contribution in [0.25, 0.3) is 0 Å². The quantitative estimate of drug-likeness (QED) is 0.299. The Morgan fingerprint density at radius 3 is 2.42 bits per heavy atom. The minimum atomic E-state index is -0.429. The van der Waals surface area contributed by atoms with Crippen molar-refractivity contribution >= 4 is 11.6 Å². The van der Waals surface area contributed by atoms with Crippen LogP contribution in [-0.2, 0) is 5.41 Å². The van der Waals surface area contributed by atoms with Gasteiger partial charge in [-0.2, -0.15) is 29.0 Å². The van der Waals surface area contributed by atoms with E-state index in [1.807, 2.05) is 0 Å². The molecule has 0 saturated heterocycles. The average molecular weight is 376 g/mol. The molecule has 0 unspecified atom stereocenters. The number of nitrogens with one attached hydrogen (secondary N) is 1. The molecule has 26 heavy (non-hydrogen) atoms. The first-order valence-electron chi connectivity index (χ1n) is 7.67. The maximum absolute atomic E-state index is 11.7. The van der Waals surface area contributed by atoms with Gasteiger partial charge in [0.15, 0.2) is 6.20 Å². The molecule has 1 amide bonds. The zero-order chi connectivity index (χ0) is 18.3. The van der Waals surface area contributed by atoms with Crippen molar-refractivity contribution in [1.29, 1.82) is 0 Å². The number of hydrogen-bond donors (Lipinski definition) is 1. The SMILES string of the molecule is CC(C)(C)c1c[c-]no1.O=C(Nc1cc[c-]cc1)c1cccc[n+]1[O-].[K+]. The van der Waals surface area contributed by atoms with E-state index in [9.17, 15) is 10.0 Å². The molecule has 0 atom stereocenters. The van der Waals surface area contributed by atoms with Crippen LogP contribution in [0.1, 0.15) is 37.0 Å². The van der Waals surface area contributed by atoms with Crippen LogP contribution in [0.5, 0.6) is 0 Å². The molecule has 0 aliphatic rings. The Bertz CT molecular complexity index is 800. The van der Waals surface area contributed by atoms with Crippen molar-refractivity contribution in [2.75, 3.05) is 5.32 Å². The van der Waals surface area contributed by atoms with E-state index in [1.54, 1.807) is 42.5 Å². The van der Waals surface area contributed by atoms with Gasteiger partial charge in [-0.1, -0.05) is 26.5 Å². The second-order valence-corrected chi connectivity index (χ2v) is 6.22. The number of carbonyl (C=O) groups is 1. The summed E-state index contributed by atoms with van der Waals surface area (Å²) in [4.78, 5) is 11.7. The molecule has 1 N–H and O–H groups in total. The summed E-state index contributed by atoms with van der Waals surface area (Å²) in [7, 11) is 0. The molecule has 3 aromatic rings. The predicted octanol–water partition coefficient (Wildman–Crippen LogP) is 0.149. The number of carbonyl (C=O) groups excluding carboxylic acids is 1. The summed E-state index contributed by atoms with van der Waals surface area (Å²) in [5, 5.41) is 17.4. The van der Waals surface area contributed by atoms with Crippen LogP contribution >= 0.6 is 0 Å². The molecule has 0 spiro atoms. The third-order valence-corrected chi connectivity index (χ3v) is 3.16. The topological polar surface area (TPSA) is 82.1 Å². The van der Waals surface area contributed by atoms with Crippen LogP contribution in [0, 0.1) is 17.5 Å². The van der Waals surface area contributed by atoms with Crippen molar-refractivity contribution in [1.82, 2.24) is 5.16 Å². The first-order valence-corrected chi connectivity index (χ1v) is 7.67. The summed E-state index contributed by atoms with van der Waals surface area (Å²) in [6.45, 7) is 6.21. The molecule has 2 heterocycles. The fourth-order valence-corrected chi connectivity index (χ4v) is 1.81. The molecule has 0 aliphatic carbocycles. The van der Waals surface area contributed by atoms with E-state index in [4.69, 9.17) is 4.52 Å². The number of amides is 1. The Labute approximate surface area is 195 Å². The van der Waals surface area contributed by atoms with Crippen molar-refractivity contribution in [2.45, 2.75) is 26.2 Å². The minimum Gasteiger partial charge on any atom is -0.618 e. The molecule has 0 fully saturated rings. The van der Waals surface area contributed by atoms with E-state index in [2.05, 4.69) is 43.5 Å². The zero-order valence-corrected chi connectivity index (χ0v) is 18.4. The Morgan fingerprint density at radius 1 is 1.23 bits per heavy atom. The third kappa shape index (κ3) is 7.01. The molecular formula is C19H19KN3O3-. The standard InChI is InChI=1S/C12H9N2O2.C7H10NO.K/c15-12(11-8-4-5-9-14(11)16)13-10-6-2-1-3-7-10;1-7(2,3)6-4-5-8-9-6;/h2-9H,(H,13,15);4H,1-3H3;/q2*-1;+1. The summed E-state index contributed by atoms with van der Waals surface area (Å²) in [6, 6.07) is 16.1. The molecular weight excluding hydrogens is 357 g/mol. The number of hydrogen-bond acceptors (Lipinski definition) is 4. The van der Waals surface area contributed by atoms with Gasteiger partial charge in [0.25, 0.3) is 5.69 Å². The van der Waals surface area contributed by atoms with Crippen LogP contribution in [0.4, 0.5) is 5.69 Å². The fraction of sp³-hybridized carbons (Fsp3) is 0.211. The summed E-state index contributed by atoms with van der Waals surface area (Å²) >= 11 is 0. The predicted molar refractivity (Wildman–Crippen MR) is 92.7 cm³/mol. The van der Waals surface area contributed by atoms with Gasteiger partial charge in [-0.05, 0) is 17.2 Å². The number of nitrogens with zero attached hydrogens (tertiary/aromatic N) is 2. The van der Waals surface area contributed by atoms with Gasteiger partial charge in [-0.15, -0.1) is 18.3 Å². The summed E-state index contributed by atoms with van der Waals surface area (Å²) in [5.74, 6) is 0.448. The Kier molecular flexibility index (Phi) is 9.18. The summed E-state index contributed by atoms with van der Waals surface area (Å²) in [5.41, 5.74) is 0.760. The normalized spacial score (nSPS) is 10.1. The minimum absolute atomic E-state index is 0. The molecule has 0 bridgehead atoms. The molecule has 130 valence electrons. The smallest absolute Gasteiger partial charge is 0.618 e. The van der Waals surface area contributed by atoms with E-state index >= 15 is 0 Å². The number of rotatable bonds is 2. The third-order valence-electron chi connectivity index (χ3n) is 3.16. The first kappa shape index (κ1) is 22.5. The molecule has 2 aromatic heterocycles. The number of benzene rings is 1. The Hall–Kier alpha value is -1.51. The monoisotopic (exact) mass is 376 g/mol. The van der Waals surface area contributed by atoms with Crippen LogP contribution in [0.2, 0.25) is 0 Å². The zero-order valence-electron chi connectivity index (χ0n) is 15.3. The molecule has 6 nitrogen and oxygen atoms in total. The number of pyridine rings is 1. The van der Waals surface area contributed by atoms with Crippen LogP contribution in [0.15, 0.2) is 59.3 Å². The van der Waals surface area contributed by atoms with Crippen LogP contribution < -0.4 is 61.4 Å². The Balaban J connectivity index is 0.000000290. The van der Waals surface area contributed by atoms with Crippen LogP contribution in [-0.4, -0.2) is 11.1 Å². The molecule has 3 rings (SSSR count). The maximum Gasteiger partial charge on any atom is 1.00 e. The molecule has 0 radical (unpaired) electrons. The second kappa shape index (κ2) is 10.6. The van der Waals surface area contributed by atoms with E-state index < -0.39 is 5.91 Å². The molecule has 7 heteroatoms. The van der Waals surface area contributed by atoms with Gasteiger partial charge in [-0.25, -0.2) is 5.16 Å². The number of aromatic nitrogens is 2. The average Bonchev–Trinajstić information content (AvgIpc) is 3.11. The van der Waals surface area contributed by atoms with Crippen molar-refractivity contribution in [3.8, 4) is 0 Å². The van der Waals surface area contributed by atoms with Gasteiger partial charge in [0.2, 0.25) is 0 Å². The van der Waals surface area contributed by atoms with Crippen molar-refractivity contribution < 1.29 is 65.4 Å². The maximum atomic E-state index is 11.7. The Morgan fingerprint density at radius 2 is 1.92 bits per heavy atom. The van der Waals surface area contributed by atoms with E-state index in [0.29, 0.717) is 10.4 Å². The van der Waals surface area contributed by atoms with Gasteiger partial charge in [-0.3, -0.25) is 4.79 Å². The summed E-state index contributed by atoms with van der Waals surface area (Å²) < 4.78 is 5.42. The molecule has 0 aliphatic heterocycles. The molecule has 1 aromatic carbocycles. The van der Waals surface area contributed by atoms with Gasteiger partial charge in [0.1, 0.15) is 0 Å². The van der Waals surface area contributed by atoms with Gasteiger partial charge >= 0.3 is 57.3 Å². The van der Waals surface area contributed by atoms with Crippen molar-refractivity contribution in [2.24, 2.45) is 0 Å². The van der Waals surface area contributed by atoms with Crippen molar-refractivity contribution in [3.63, 3.8) is 0 Å². The molecule has 0 saturated carbocycles. The van der Waals surface area contributed by atoms with Gasteiger partial charge in [0.05, 0.1) is 0 Å². The van der Waals surface area contributed by atoms with E-state index in [-0.39, 0.29) is 62.5 Å².